The normalized spacial score (nSPS) is 10.7. The lowest BCUT2D eigenvalue weighted by Gasteiger charge is -2.07. The molecule has 0 N–H and O–H groups in total. The number of halogens is 1. The molecular weight excluding hydrogens is 322 g/mol. The number of hydrogen-bond donors (Lipinski definition) is 0. The first-order valence-electron chi connectivity index (χ1n) is 6.62. The minimum atomic E-state index is -0.457. The van der Waals surface area contributed by atoms with E-state index in [1.165, 1.54) is 18.4 Å². The maximum atomic E-state index is 11.8. The Bertz CT molecular complexity index is 933. The molecule has 0 fully saturated rings. The van der Waals surface area contributed by atoms with Crippen LogP contribution in [0.3, 0.4) is 0 Å². The van der Waals surface area contributed by atoms with Gasteiger partial charge in [-0.2, -0.15) is 0 Å². The van der Waals surface area contributed by atoms with Gasteiger partial charge in [-0.05, 0) is 29.8 Å². The highest BCUT2D eigenvalue weighted by molar-refractivity contribution is 6.30. The van der Waals surface area contributed by atoms with Crippen molar-refractivity contribution in [1.82, 2.24) is 0 Å². The maximum absolute atomic E-state index is 11.8. The zero-order valence-corrected chi connectivity index (χ0v) is 12.4. The highest BCUT2D eigenvalue weighted by Crippen LogP contribution is 2.21. The van der Waals surface area contributed by atoms with Crippen LogP contribution in [0.4, 0.5) is 5.69 Å². The topological polar surface area (TPSA) is 82.6 Å². The third-order valence-corrected chi connectivity index (χ3v) is 3.52. The number of rotatable bonds is 4. The van der Waals surface area contributed by atoms with E-state index in [-0.39, 0.29) is 22.7 Å². The highest BCUT2D eigenvalue weighted by atomic mass is 35.5. The second-order valence-electron chi connectivity index (χ2n) is 4.78. The highest BCUT2D eigenvalue weighted by Gasteiger charge is 2.07. The molecule has 1 aromatic heterocycles. The van der Waals surface area contributed by atoms with Gasteiger partial charge in [-0.25, -0.2) is 0 Å². The summed E-state index contributed by atoms with van der Waals surface area (Å²) in [5.74, 6) is 0.515. The van der Waals surface area contributed by atoms with Gasteiger partial charge in [0.1, 0.15) is 29.2 Å². The number of nitro benzene ring substituents is 1. The third-order valence-electron chi connectivity index (χ3n) is 3.26. The van der Waals surface area contributed by atoms with Crippen LogP contribution < -0.4 is 10.2 Å². The number of ether oxygens (including phenoxy) is 1. The summed E-state index contributed by atoms with van der Waals surface area (Å²) in [7, 11) is 0. The van der Waals surface area contributed by atoms with Crippen molar-refractivity contribution in [3.8, 4) is 5.75 Å². The second-order valence-corrected chi connectivity index (χ2v) is 5.19. The zero-order chi connectivity index (χ0) is 16.4. The van der Waals surface area contributed by atoms with E-state index >= 15 is 0 Å². The fourth-order valence-corrected chi connectivity index (χ4v) is 2.20. The first-order chi connectivity index (χ1) is 11.0. The predicted molar refractivity (Wildman–Crippen MR) is 84.9 cm³/mol. The summed E-state index contributed by atoms with van der Waals surface area (Å²) >= 11 is 5.72. The monoisotopic (exact) mass is 331 g/mol. The first-order valence-corrected chi connectivity index (χ1v) is 6.99. The Morgan fingerprint density at radius 1 is 1.17 bits per heavy atom. The minimum Gasteiger partial charge on any atom is -0.489 e. The molecule has 0 aliphatic rings. The Morgan fingerprint density at radius 2 is 1.91 bits per heavy atom. The van der Waals surface area contributed by atoms with Gasteiger partial charge in [0.05, 0.1) is 10.3 Å². The molecule has 0 aliphatic heterocycles. The van der Waals surface area contributed by atoms with E-state index < -0.39 is 4.92 Å². The molecule has 0 spiro atoms. The lowest BCUT2D eigenvalue weighted by atomic mass is 10.2. The molecule has 0 aliphatic carbocycles. The van der Waals surface area contributed by atoms with Crippen LogP contribution in [-0.2, 0) is 6.61 Å². The van der Waals surface area contributed by atoms with E-state index in [1.807, 2.05) is 0 Å². The minimum absolute atomic E-state index is 0.0250. The number of hydrogen-bond acceptors (Lipinski definition) is 5. The van der Waals surface area contributed by atoms with Crippen LogP contribution in [0.5, 0.6) is 5.75 Å². The number of nitro groups is 1. The van der Waals surface area contributed by atoms with Crippen LogP contribution in [0.2, 0.25) is 5.02 Å². The molecule has 3 rings (SSSR count). The summed E-state index contributed by atoms with van der Waals surface area (Å²) < 4.78 is 10.9. The summed E-state index contributed by atoms with van der Waals surface area (Å²) in [6.45, 7) is 0.237. The van der Waals surface area contributed by atoms with Crippen LogP contribution in [0.25, 0.3) is 11.0 Å². The molecule has 0 amide bonds. The molecule has 23 heavy (non-hydrogen) atoms. The molecule has 7 heteroatoms. The fourth-order valence-electron chi connectivity index (χ4n) is 2.06. The summed E-state index contributed by atoms with van der Waals surface area (Å²) in [5.41, 5.74) is 0.891. The maximum Gasteiger partial charge on any atom is 0.269 e. The molecule has 0 bridgehead atoms. The average molecular weight is 332 g/mol. The van der Waals surface area contributed by atoms with E-state index in [2.05, 4.69) is 0 Å². The summed E-state index contributed by atoms with van der Waals surface area (Å²) in [4.78, 5) is 22.0. The molecule has 0 unspecified atom stereocenters. The van der Waals surface area contributed by atoms with Gasteiger partial charge in [0.25, 0.3) is 5.69 Å². The van der Waals surface area contributed by atoms with Crippen LogP contribution in [0.15, 0.2) is 57.9 Å². The van der Waals surface area contributed by atoms with E-state index in [0.29, 0.717) is 16.7 Å². The second kappa shape index (κ2) is 6.10. The van der Waals surface area contributed by atoms with Crippen molar-refractivity contribution in [3.63, 3.8) is 0 Å². The average Bonchev–Trinajstić information content (AvgIpc) is 2.56. The van der Waals surface area contributed by atoms with Crippen LogP contribution in [-0.4, -0.2) is 4.92 Å². The van der Waals surface area contributed by atoms with E-state index in [9.17, 15) is 14.9 Å². The number of fused-ring (bicyclic) bond motifs is 1. The van der Waals surface area contributed by atoms with E-state index in [1.54, 1.807) is 30.3 Å². The lowest BCUT2D eigenvalue weighted by molar-refractivity contribution is -0.384. The van der Waals surface area contributed by atoms with Gasteiger partial charge in [0.2, 0.25) is 5.43 Å². The van der Waals surface area contributed by atoms with E-state index in [4.69, 9.17) is 20.8 Å². The molecule has 116 valence electrons. The van der Waals surface area contributed by atoms with Crippen molar-refractivity contribution in [2.24, 2.45) is 0 Å². The Morgan fingerprint density at radius 3 is 2.61 bits per heavy atom. The Balaban J connectivity index is 1.78. The van der Waals surface area contributed by atoms with Crippen molar-refractivity contribution in [1.29, 1.82) is 0 Å². The molecule has 6 nitrogen and oxygen atoms in total. The number of nitrogens with zero attached hydrogens (tertiary/aromatic N) is 1. The fraction of sp³-hybridized carbons (Fsp3) is 0.0625. The molecule has 0 saturated heterocycles. The van der Waals surface area contributed by atoms with Crippen molar-refractivity contribution in [3.05, 3.63) is 79.7 Å². The van der Waals surface area contributed by atoms with Crippen LogP contribution >= 0.6 is 11.6 Å². The van der Waals surface area contributed by atoms with Gasteiger partial charge in [0.15, 0.2) is 0 Å². The molecular formula is C16H10ClNO5. The van der Waals surface area contributed by atoms with E-state index in [0.717, 1.165) is 5.56 Å². The van der Waals surface area contributed by atoms with Gasteiger partial charge in [-0.1, -0.05) is 11.6 Å². The number of benzene rings is 2. The summed E-state index contributed by atoms with van der Waals surface area (Å²) in [5, 5.41) is 11.0. The van der Waals surface area contributed by atoms with Gasteiger partial charge >= 0.3 is 0 Å². The van der Waals surface area contributed by atoms with Gasteiger partial charge < -0.3 is 9.15 Å². The van der Waals surface area contributed by atoms with Crippen molar-refractivity contribution < 1.29 is 14.1 Å². The predicted octanol–water partition coefficient (Wildman–Crippen LogP) is 3.93. The van der Waals surface area contributed by atoms with Crippen molar-refractivity contribution in [2.45, 2.75) is 6.61 Å². The first kappa shape index (κ1) is 15.1. The number of non-ortho nitro benzene ring substituents is 1. The quantitative estimate of drug-likeness (QED) is 0.534. The zero-order valence-electron chi connectivity index (χ0n) is 11.7. The van der Waals surface area contributed by atoms with Crippen molar-refractivity contribution in [2.75, 3.05) is 0 Å². The smallest absolute Gasteiger partial charge is 0.269 e. The molecule has 2 aromatic carbocycles. The lowest BCUT2D eigenvalue weighted by Crippen LogP contribution is -2.01. The molecule has 0 atom stereocenters. The Hall–Kier alpha value is -2.86. The van der Waals surface area contributed by atoms with Crippen LogP contribution in [0.1, 0.15) is 5.56 Å². The molecule has 1 heterocycles. The standard InChI is InChI=1S/C16H10ClNO5/c17-14-9-23-15-7-12(5-6-13(15)16(14)19)22-8-10-1-3-11(4-2-10)18(20)21/h1-7,9H,8H2. The summed E-state index contributed by atoms with van der Waals surface area (Å²) in [6, 6.07) is 10.9. The Labute approximate surface area is 135 Å². The summed E-state index contributed by atoms with van der Waals surface area (Å²) in [6.07, 6.45) is 1.19. The van der Waals surface area contributed by atoms with Crippen molar-refractivity contribution >= 4 is 28.3 Å². The third kappa shape index (κ3) is 3.17. The molecule has 3 aromatic rings. The van der Waals surface area contributed by atoms with Crippen LogP contribution in [0, 0.1) is 10.1 Å². The Kier molecular flexibility index (Phi) is 3.99. The van der Waals surface area contributed by atoms with Gasteiger partial charge in [0, 0.05) is 18.2 Å². The van der Waals surface area contributed by atoms with Gasteiger partial charge in [-0.15, -0.1) is 0 Å². The molecule has 0 radical (unpaired) electrons. The van der Waals surface area contributed by atoms with Gasteiger partial charge in [-0.3, -0.25) is 14.9 Å². The SMILES string of the molecule is O=c1c(Cl)coc2cc(OCc3ccc([N+](=O)[O-])cc3)ccc12. The molecule has 0 saturated carbocycles. The largest absolute Gasteiger partial charge is 0.489 e.